The van der Waals surface area contributed by atoms with Crippen LogP contribution in [0.1, 0.15) is 53.6 Å². The van der Waals surface area contributed by atoms with Gasteiger partial charge in [0.15, 0.2) is 5.76 Å². The lowest BCUT2D eigenvalue weighted by atomic mass is 9.99. The van der Waals surface area contributed by atoms with Crippen molar-refractivity contribution in [3.8, 4) is 0 Å². The van der Waals surface area contributed by atoms with Gasteiger partial charge in [0.1, 0.15) is 5.58 Å². The van der Waals surface area contributed by atoms with E-state index >= 15 is 0 Å². The molecular weight excluding hydrogens is 541 g/mol. The monoisotopic (exact) mass is 578 g/mol. The molecule has 1 N–H and O–H groups in total. The van der Waals surface area contributed by atoms with Crippen molar-refractivity contribution in [1.29, 1.82) is 0 Å². The average Bonchev–Trinajstić information content (AvgIpc) is 3.60. The Balaban J connectivity index is 0.000000181. The molecule has 2 fully saturated rings. The molecule has 4 aromatic rings. The number of piperidine rings is 1. The summed E-state index contributed by atoms with van der Waals surface area (Å²) in [5.74, 6) is 0.961. The number of alkyl halides is 3. The van der Waals surface area contributed by atoms with Crippen LogP contribution in [-0.4, -0.2) is 48.0 Å². The quantitative estimate of drug-likeness (QED) is 0.274. The second kappa shape index (κ2) is 13.0. The van der Waals surface area contributed by atoms with Crippen LogP contribution in [0.5, 0.6) is 0 Å². The van der Waals surface area contributed by atoms with E-state index in [1.807, 2.05) is 55.6 Å². The second-order valence-corrected chi connectivity index (χ2v) is 11.4. The summed E-state index contributed by atoms with van der Waals surface area (Å²) in [4.78, 5) is 21.3. The Bertz CT molecular complexity index is 1460. The van der Waals surface area contributed by atoms with Gasteiger partial charge in [0.25, 0.3) is 5.91 Å². The van der Waals surface area contributed by atoms with Gasteiger partial charge in [-0.3, -0.25) is 14.7 Å². The molecule has 2 aliphatic rings. The highest BCUT2D eigenvalue weighted by Crippen LogP contribution is 2.31. The molecule has 6 nitrogen and oxygen atoms in total. The van der Waals surface area contributed by atoms with Crippen LogP contribution in [0.15, 0.2) is 77.3 Å². The fourth-order valence-corrected chi connectivity index (χ4v) is 5.47. The van der Waals surface area contributed by atoms with Crippen LogP contribution in [0, 0.1) is 12.8 Å². The predicted octanol–water partition coefficient (Wildman–Crippen LogP) is 7.08. The Kier molecular flexibility index (Phi) is 9.16. The Morgan fingerprint density at radius 3 is 2.45 bits per heavy atom. The van der Waals surface area contributed by atoms with Gasteiger partial charge in [-0.1, -0.05) is 24.6 Å². The Labute approximate surface area is 244 Å². The molecule has 1 atom stereocenters. The molecule has 2 aromatic carbocycles. The molecule has 2 aromatic heterocycles. The minimum Gasteiger partial charge on any atom is -0.451 e. The maximum atomic E-state index is 12.5. The summed E-state index contributed by atoms with van der Waals surface area (Å²) in [6.07, 6.45) is 0.739. The molecule has 222 valence electrons. The van der Waals surface area contributed by atoms with Gasteiger partial charge >= 0.3 is 6.18 Å². The van der Waals surface area contributed by atoms with E-state index in [4.69, 9.17) is 4.42 Å². The molecule has 0 bridgehead atoms. The Hall–Kier alpha value is -3.85. The summed E-state index contributed by atoms with van der Waals surface area (Å²) in [5, 5.41) is 4.06. The van der Waals surface area contributed by atoms with Crippen molar-refractivity contribution in [3.05, 3.63) is 95.5 Å². The lowest BCUT2D eigenvalue weighted by Gasteiger charge is -2.32. The minimum atomic E-state index is -4.24. The number of aryl methyl sites for hydroxylation is 1. The summed E-state index contributed by atoms with van der Waals surface area (Å²) in [6.45, 7) is 8.73. The number of hydrogen-bond acceptors (Lipinski definition) is 5. The third kappa shape index (κ3) is 7.70. The number of nitrogens with zero attached hydrogens (tertiary/aromatic N) is 3. The number of aromatic nitrogens is 1. The molecule has 0 unspecified atom stereocenters. The first kappa shape index (κ1) is 29.6. The highest BCUT2D eigenvalue weighted by atomic mass is 19.4. The van der Waals surface area contributed by atoms with Gasteiger partial charge in [-0.25, -0.2) is 0 Å². The van der Waals surface area contributed by atoms with Crippen molar-refractivity contribution in [3.63, 3.8) is 0 Å². The summed E-state index contributed by atoms with van der Waals surface area (Å²) in [6, 6.07) is 19.3. The lowest BCUT2D eigenvalue weighted by molar-refractivity contribution is -0.137. The van der Waals surface area contributed by atoms with Crippen LogP contribution in [0.25, 0.3) is 11.0 Å². The standard InChI is InChI=1S/C20H21N3O2.C13H16F3N/c1-14-5-6-18-15(10-14)11-19(25-18)20(24)22-17-7-9-23(13-17)12-16-4-2-3-8-21-16;1-10-6-8-17(9-7-10)12-4-2-11(3-5-12)13(14,15)16/h2-6,8,10-11,17H,7,9,12-13H2,1H3,(H,22,24);2-5,10H,6-9H2,1H3/t17-;/m1./s1. The van der Waals surface area contributed by atoms with Gasteiger partial charge in [0, 0.05) is 56.0 Å². The number of anilines is 1. The van der Waals surface area contributed by atoms with Crippen molar-refractivity contribution in [2.75, 3.05) is 31.1 Å². The molecular formula is C33H37F3N4O2. The van der Waals surface area contributed by atoms with Crippen LogP contribution in [-0.2, 0) is 12.7 Å². The number of carbonyl (C=O) groups excluding carboxylic acids is 1. The van der Waals surface area contributed by atoms with Gasteiger partial charge in [-0.05, 0) is 86.7 Å². The molecule has 2 aliphatic heterocycles. The molecule has 0 radical (unpaired) electrons. The zero-order valence-corrected chi connectivity index (χ0v) is 24.0. The average molecular weight is 579 g/mol. The third-order valence-electron chi connectivity index (χ3n) is 7.96. The zero-order valence-electron chi connectivity index (χ0n) is 24.0. The number of hydrogen-bond donors (Lipinski definition) is 1. The van der Waals surface area contributed by atoms with Gasteiger partial charge < -0.3 is 14.6 Å². The molecule has 42 heavy (non-hydrogen) atoms. The number of amides is 1. The Morgan fingerprint density at radius 1 is 1.00 bits per heavy atom. The molecule has 0 saturated carbocycles. The van der Waals surface area contributed by atoms with E-state index in [0.717, 1.165) is 98.0 Å². The number of rotatable bonds is 5. The van der Waals surface area contributed by atoms with Crippen molar-refractivity contribution in [2.24, 2.45) is 5.92 Å². The van der Waals surface area contributed by atoms with E-state index in [9.17, 15) is 18.0 Å². The van der Waals surface area contributed by atoms with Crippen LogP contribution in [0.3, 0.4) is 0 Å². The molecule has 0 spiro atoms. The van der Waals surface area contributed by atoms with Gasteiger partial charge in [0.05, 0.1) is 11.3 Å². The number of halogens is 3. The van der Waals surface area contributed by atoms with E-state index in [1.54, 1.807) is 12.1 Å². The number of nitrogens with one attached hydrogen (secondary N) is 1. The van der Waals surface area contributed by atoms with Crippen LogP contribution >= 0.6 is 0 Å². The molecule has 6 rings (SSSR count). The smallest absolute Gasteiger partial charge is 0.416 e. The Morgan fingerprint density at radius 2 is 1.76 bits per heavy atom. The molecule has 2 saturated heterocycles. The van der Waals surface area contributed by atoms with Crippen LogP contribution in [0.2, 0.25) is 0 Å². The van der Waals surface area contributed by atoms with E-state index in [-0.39, 0.29) is 11.9 Å². The van der Waals surface area contributed by atoms with Crippen LogP contribution < -0.4 is 10.2 Å². The van der Waals surface area contributed by atoms with Crippen molar-refractivity contribution in [1.82, 2.24) is 15.2 Å². The minimum absolute atomic E-state index is 0.140. The first-order valence-electron chi connectivity index (χ1n) is 14.5. The molecule has 4 heterocycles. The summed E-state index contributed by atoms with van der Waals surface area (Å²) in [5.41, 5.74) is 3.28. The number of carbonyl (C=O) groups is 1. The summed E-state index contributed by atoms with van der Waals surface area (Å²) >= 11 is 0. The van der Waals surface area contributed by atoms with Crippen molar-refractivity contribution < 1.29 is 22.4 Å². The number of pyridine rings is 1. The van der Waals surface area contributed by atoms with E-state index < -0.39 is 11.7 Å². The molecule has 0 aliphatic carbocycles. The summed E-state index contributed by atoms with van der Waals surface area (Å²) < 4.78 is 42.9. The lowest BCUT2D eigenvalue weighted by Crippen LogP contribution is -2.36. The van der Waals surface area contributed by atoms with Crippen molar-refractivity contribution >= 4 is 22.6 Å². The van der Waals surface area contributed by atoms with Gasteiger partial charge in [-0.2, -0.15) is 13.2 Å². The van der Waals surface area contributed by atoms with Gasteiger partial charge in [-0.15, -0.1) is 0 Å². The number of benzene rings is 2. The fraction of sp³-hybridized carbons (Fsp3) is 0.394. The maximum Gasteiger partial charge on any atom is 0.416 e. The number of likely N-dealkylation sites (tertiary alicyclic amines) is 1. The second-order valence-electron chi connectivity index (χ2n) is 11.4. The first-order valence-corrected chi connectivity index (χ1v) is 14.5. The molecule has 9 heteroatoms. The van der Waals surface area contributed by atoms with Crippen LogP contribution in [0.4, 0.5) is 18.9 Å². The highest BCUT2D eigenvalue weighted by Gasteiger charge is 2.30. The van der Waals surface area contributed by atoms with E-state index in [2.05, 4.69) is 27.0 Å². The van der Waals surface area contributed by atoms with Gasteiger partial charge in [0.2, 0.25) is 0 Å². The normalized spacial score (nSPS) is 18.1. The summed E-state index contributed by atoms with van der Waals surface area (Å²) in [7, 11) is 0. The zero-order chi connectivity index (χ0) is 29.7. The first-order chi connectivity index (χ1) is 20.1. The number of furan rings is 1. The fourth-order valence-electron chi connectivity index (χ4n) is 5.47. The van der Waals surface area contributed by atoms with E-state index in [1.165, 1.54) is 0 Å². The highest BCUT2D eigenvalue weighted by molar-refractivity contribution is 5.96. The number of fused-ring (bicyclic) bond motifs is 1. The largest absolute Gasteiger partial charge is 0.451 e. The SMILES string of the molecule is CC1CCN(c2ccc(C(F)(F)F)cc2)CC1.Cc1ccc2oc(C(=O)N[C@@H]3CCN(Cc4ccccn4)C3)cc2c1. The van der Waals surface area contributed by atoms with E-state index in [0.29, 0.717) is 5.76 Å². The predicted molar refractivity (Wildman–Crippen MR) is 158 cm³/mol. The maximum absolute atomic E-state index is 12.5. The topological polar surface area (TPSA) is 61.6 Å². The van der Waals surface area contributed by atoms with Crippen molar-refractivity contribution in [2.45, 2.75) is 51.9 Å². The molecule has 1 amide bonds. The third-order valence-corrected chi connectivity index (χ3v) is 7.96.